The van der Waals surface area contributed by atoms with Crippen molar-refractivity contribution in [2.45, 2.75) is 17.9 Å². The Hall–Kier alpha value is -0.960. The molecule has 0 heterocycles. The van der Waals surface area contributed by atoms with E-state index in [0.717, 1.165) is 5.75 Å². The molecule has 14 heavy (non-hydrogen) atoms. The van der Waals surface area contributed by atoms with E-state index in [1.807, 2.05) is 25.1 Å². The van der Waals surface area contributed by atoms with Gasteiger partial charge in [-0.3, -0.25) is 4.79 Å². The van der Waals surface area contributed by atoms with Crippen molar-refractivity contribution >= 4 is 17.7 Å². The van der Waals surface area contributed by atoms with Crippen LogP contribution in [0.1, 0.15) is 12.5 Å². The molecule has 1 aromatic carbocycles. The number of carbonyl (C=O) groups excluding carboxylic acids is 1. The highest BCUT2D eigenvalue weighted by Crippen LogP contribution is 2.17. The third-order valence-corrected chi connectivity index (χ3v) is 3.17. The second kappa shape index (κ2) is 5.70. The summed E-state index contributed by atoms with van der Waals surface area (Å²) in [6.45, 7) is 1.92. The summed E-state index contributed by atoms with van der Waals surface area (Å²) in [5, 5.41) is 2.66. The van der Waals surface area contributed by atoms with Gasteiger partial charge in [-0.1, -0.05) is 30.3 Å². The number of thioether (sulfide) groups is 1. The number of hydrogen-bond acceptors (Lipinski definition) is 2. The van der Waals surface area contributed by atoms with Crippen LogP contribution < -0.4 is 5.32 Å². The molecule has 1 N–H and O–H groups in total. The zero-order chi connectivity index (χ0) is 10.4. The van der Waals surface area contributed by atoms with Gasteiger partial charge in [0.05, 0.1) is 5.25 Å². The lowest BCUT2D eigenvalue weighted by molar-refractivity contribution is -0.119. The van der Waals surface area contributed by atoms with E-state index in [-0.39, 0.29) is 11.2 Å². The van der Waals surface area contributed by atoms with Crippen molar-refractivity contribution in [3.05, 3.63) is 35.9 Å². The number of carbonyl (C=O) groups is 1. The summed E-state index contributed by atoms with van der Waals surface area (Å²) in [5.41, 5.74) is 1.26. The Morgan fingerprint density at radius 2 is 2.07 bits per heavy atom. The predicted molar refractivity (Wildman–Crippen MR) is 61.3 cm³/mol. The van der Waals surface area contributed by atoms with Gasteiger partial charge in [0.2, 0.25) is 5.91 Å². The Kier molecular flexibility index (Phi) is 4.53. The van der Waals surface area contributed by atoms with Gasteiger partial charge in [0.15, 0.2) is 0 Å². The molecular formula is C11H15NOS. The molecule has 0 fully saturated rings. The number of amides is 1. The van der Waals surface area contributed by atoms with E-state index in [1.165, 1.54) is 5.56 Å². The lowest BCUT2D eigenvalue weighted by Crippen LogP contribution is -2.27. The molecule has 3 heteroatoms. The highest BCUT2D eigenvalue weighted by atomic mass is 32.2. The fourth-order valence-electron chi connectivity index (χ4n) is 1.07. The zero-order valence-corrected chi connectivity index (χ0v) is 9.30. The molecule has 0 aliphatic rings. The SMILES string of the molecule is CNC(=O)C(C)SCc1ccccc1. The first kappa shape index (κ1) is 11.1. The monoisotopic (exact) mass is 209 g/mol. The van der Waals surface area contributed by atoms with Crippen molar-refractivity contribution in [2.24, 2.45) is 0 Å². The van der Waals surface area contributed by atoms with Crippen LogP contribution in [0.4, 0.5) is 0 Å². The van der Waals surface area contributed by atoms with Crippen LogP contribution in [0.3, 0.4) is 0 Å². The van der Waals surface area contributed by atoms with Gasteiger partial charge >= 0.3 is 0 Å². The lowest BCUT2D eigenvalue weighted by atomic mass is 10.2. The largest absolute Gasteiger partial charge is 0.358 e. The van der Waals surface area contributed by atoms with Crippen LogP contribution in [-0.4, -0.2) is 18.2 Å². The van der Waals surface area contributed by atoms with Crippen molar-refractivity contribution in [3.63, 3.8) is 0 Å². The molecule has 0 aliphatic heterocycles. The summed E-state index contributed by atoms with van der Waals surface area (Å²) in [4.78, 5) is 11.2. The van der Waals surface area contributed by atoms with Crippen LogP contribution >= 0.6 is 11.8 Å². The van der Waals surface area contributed by atoms with E-state index in [0.29, 0.717) is 0 Å². The van der Waals surface area contributed by atoms with Crippen molar-refractivity contribution < 1.29 is 4.79 Å². The predicted octanol–water partition coefficient (Wildman–Crippen LogP) is 2.05. The molecule has 0 aromatic heterocycles. The molecule has 1 aromatic rings. The first-order chi connectivity index (χ1) is 6.74. The van der Waals surface area contributed by atoms with Gasteiger partial charge in [-0.25, -0.2) is 0 Å². The molecule has 1 rings (SSSR count). The first-order valence-corrected chi connectivity index (χ1v) is 5.66. The van der Waals surface area contributed by atoms with Crippen molar-refractivity contribution in [1.29, 1.82) is 0 Å². The Morgan fingerprint density at radius 3 is 2.64 bits per heavy atom. The molecule has 1 atom stereocenters. The minimum atomic E-state index is 0.0141. The number of benzene rings is 1. The second-order valence-corrected chi connectivity index (χ2v) is 4.38. The molecule has 0 saturated heterocycles. The average molecular weight is 209 g/mol. The van der Waals surface area contributed by atoms with Crippen LogP contribution in [0, 0.1) is 0 Å². The molecule has 76 valence electrons. The third kappa shape index (κ3) is 3.42. The van der Waals surface area contributed by atoms with Gasteiger partial charge in [0, 0.05) is 12.8 Å². The smallest absolute Gasteiger partial charge is 0.232 e. The summed E-state index contributed by atoms with van der Waals surface area (Å²) in [6, 6.07) is 10.2. The fourth-order valence-corrected chi connectivity index (χ4v) is 1.98. The molecule has 2 nitrogen and oxygen atoms in total. The van der Waals surface area contributed by atoms with Gasteiger partial charge in [-0.15, -0.1) is 11.8 Å². The van der Waals surface area contributed by atoms with Gasteiger partial charge in [0.1, 0.15) is 0 Å². The summed E-state index contributed by atoms with van der Waals surface area (Å²) in [5.74, 6) is 0.973. The van der Waals surface area contributed by atoms with Crippen LogP contribution in [0.5, 0.6) is 0 Å². The topological polar surface area (TPSA) is 29.1 Å². The minimum Gasteiger partial charge on any atom is -0.358 e. The van der Waals surface area contributed by atoms with Crippen LogP contribution in [0.15, 0.2) is 30.3 Å². The number of rotatable bonds is 4. The van der Waals surface area contributed by atoms with Gasteiger partial charge in [-0.05, 0) is 12.5 Å². The van der Waals surface area contributed by atoms with E-state index in [9.17, 15) is 4.79 Å². The van der Waals surface area contributed by atoms with Gasteiger partial charge in [0.25, 0.3) is 0 Å². The third-order valence-electron chi connectivity index (χ3n) is 1.96. The standard InChI is InChI=1S/C11H15NOS/c1-9(11(13)12-2)14-8-10-6-4-3-5-7-10/h3-7,9H,8H2,1-2H3,(H,12,13). The molecule has 0 saturated carbocycles. The Labute approximate surface area is 89.1 Å². The highest BCUT2D eigenvalue weighted by molar-refractivity contribution is 7.99. The Morgan fingerprint density at radius 1 is 1.43 bits per heavy atom. The van der Waals surface area contributed by atoms with Crippen molar-refractivity contribution in [2.75, 3.05) is 7.05 Å². The van der Waals surface area contributed by atoms with Gasteiger partial charge in [-0.2, -0.15) is 0 Å². The Balaban J connectivity index is 2.38. The average Bonchev–Trinajstić information content (AvgIpc) is 2.26. The summed E-state index contributed by atoms with van der Waals surface area (Å²) < 4.78 is 0. The molecular weight excluding hydrogens is 194 g/mol. The summed E-state index contributed by atoms with van der Waals surface area (Å²) >= 11 is 1.65. The molecule has 0 bridgehead atoms. The molecule has 0 aliphatic carbocycles. The van der Waals surface area contributed by atoms with E-state index < -0.39 is 0 Å². The number of hydrogen-bond donors (Lipinski definition) is 1. The van der Waals surface area contributed by atoms with Crippen molar-refractivity contribution in [1.82, 2.24) is 5.32 Å². The minimum absolute atomic E-state index is 0.0141. The number of nitrogens with one attached hydrogen (secondary N) is 1. The summed E-state index contributed by atoms with van der Waals surface area (Å²) in [7, 11) is 1.67. The highest BCUT2D eigenvalue weighted by Gasteiger charge is 2.10. The van der Waals surface area contributed by atoms with Gasteiger partial charge < -0.3 is 5.32 Å². The van der Waals surface area contributed by atoms with Crippen LogP contribution in [0.2, 0.25) is 0 Å². The van der Waals surface area contributed by atoms with E-state index in [1.54, 1.807) is 18.8 Å². The maximum atomic E-state index is 11.2. The van der Waals surface area contributed by atoms with Crippen LogP contribution in [-0.2, 0) is 10.5 Å². The first-order valence-electron chi connectivity index (χ1n) is 4.61. The normalized spacial score (nSPS) is 12.1. The maximum absolute atomic E-state index is 11.2. The zero-order valence-electron chi connectivity index (χ0n) is 8.49. The fraction of sp³-hybridized carbons (Fsp3) is 0.364. The van der Waals surface area contributed by atoms with E-state index in [4.69, 9.17) is 0 Å². The molecule has 1 unspecified atom stereocenters. The van der Waals surface area contributed by atoms with E-state index in [2.05, 4.69) is 17.4 Å². The molecule has 1 amide bonds. The Bertz CT molecular complexity index is 287. The quantitative estimate of drug-likeness (QED) is 0.822. The van der Waals surface area contributed by atoms with Crippen molar-refractivity contribution in [3.8, 4) is 0 Å². The summed E-state index contributed by atoms with van der Waals surface area (Å²) in [6.07, 6.45) is 0. The second-order valence-electron chi connectivity index (χ2n) is 3.05. The lowest BCUT2D eigenvalue weighted by Gasteiger charge is -2.08. The van der Waals surface area contributed by atoms with E-state index >= 15 is 0 Å². The molecule has 0 radical (unpaired) electrons. The van der Waals surface area contributed by atoms with Crippen LogP contribution in [0.25, 0.3) is 0 Å². The molecule has 0 spiro atoms. The maximum Gasteiger partial charge on any atom is 0.232 e.